The lowest BCUT2D eigenvalue weighted by Gasteiger charge is -2.17. The number of carbonyl (C=O) groups is 1. The minimum absolute atomic E-state index is 0.300. The van der Waals surface area contributed by atoms with E-state index in [0.717, 1.165) is 18.4 Å². The van der Waals surface area contributed by atoms with Gasteiger partial charge in [0.1, 0.15) is 6.04 Å². The van der Waals surface area contributed by atoms with E-state index in [1.54, 1.807) is 6.20 Å². The number of aromatic nitrogens is 1. The topological polar surface area (TPSA) is 79.1 Å². The average molecular weight is 180 g/mol. The summed E-state index contributed by atoms with van der Waals surface area (Å²) in [6.07, 6.45) is 5.37. The van der Waals surface area contributed by atoms with Crippen LogP contribution in [0.25, 0.3) is 0 Å². The first-order valence-corrected chi connectivity index (χ1v) is 4.28. The molecule has 1 atom stereocenters. The fourth-order valence-electron chi connectivity index (χ4n) is 1.78. The Morgan fingerprint density at radius 2 is 2.38 bits per heavy atom. The van der Waals surface area contributed by atoms with E-state index in [1.165, 1.54) is 0 Å². The van der Waals surface area contributed by atoms with E-state index < -0.39 is 12.0 Å². The summed E-state index contributed by atoms with van der Waals surface area (Å²) in [6.45, 7) is 0. The van der Waals surface area contributed by atoms with Crippen LogP contribution in [0.2, 0.25) is 0 Å². The second kappa shape index (κ2) is 2.60. The van der Waals surface area contributed by atoms with E-state index in [2.05, 4.69) is 4.98 Å². The molecule has 0 aliphatic heterocycles. The van der Waals surface area contributed by atoms with Crippen LogP contribution in [0.4, 0.5) is 0 Å². The molecule has 70 valence electrons. The molecule has 1 unspecified atom stereocenters. The number of rotatable bonds is 3. The van der Waals surface area contributed by atoms with Gasteiger partial charge in [-0.2, -0.15) is 0 Å². The van der Waals surface area contributed by atoms with Gasteiger partial charge in [0, 0.05) is 17.8 Å². The molecule has 0 amide bonds. The second-order valence-corrected chi connectivity index (χ2v) is 3.57. The van der Waals surface area contributed by atoms with Gasteiger partial charge in [-0.25, -0.2) is 0 Å². The molecule has 0 spiro atoms. The number of carboxylic acids is 1. The average Bonchev–Trinajstić information content (AvgIpc) is 2.72. The maximum absolute atomic E-state index is 10.7. The minimum atomic E-state index is -0.918. The van der Waals surface area contributed by atoms with E-state index in [1.807, 2.05) is 12.3 Å². The normalized spacial score (nSPS) is 21.0. The van der Waals surface area contributed by atoms with Crippen LogP contribution in [0.3, 0.4) is 0 Å². The summed E-state index contributed by atoms with van der Waals surface area (Å²) in [5.41, 5.74) is 6.35. The number of hydrogen-bond acceptors (Lipinski definition) is 2. The first-order valence-electron chi connectivity index (χ1n) is 4.28. The van der Waals surface area contributed by atoms with Gasteiger partial charge in [0.25, 0.3) is 0 Å². The van der Waals surface area contributed by atoms with Crippen molar-refractivity contribution in [2.45, 2.75) is 24.3 Å². The van der Waals surface area contributed by atoms with E-state index >= 15 is 0 Å². The van der Waals surface area contributed by atoms with Crippen molar-refractivity contribution >= 4 is 5.97 Å². The molecule has 2 rings (SSSR count). The van der Waals surface area contributed by atoms with Crippen molar-refractivity contribution in [2.24, 2.45) is 5.73 Å². The van der Waals surface area contributed by atoms with Crippen LogP contribution in [-0.2, 0) is 10.2 Å². The molecule has 13 heavy (non-hydrogen) atoms. The van der Waals surface area contributed by atoms with Crippen molar-refractivity contribution in [2.75, 3.05) is 0 Å². The third-order valence-electron chi connectivity index (χ3n) is 2.82. The van der Waals surface area contributed by atoms with Gasteiger partial charge in [-0.3, -0.25) is 4.79 Å². The quantitative estimate of drug-likeness (QED) is 0.632. The van der Waals surface area contributed by atoms with Crippen LogP contribution in [0.1, 0.15) is 18.4 Å². The van der Waals surface area contributed by atoms with Crippen molar-refractivity contribution in [1.29, 1.82) is 0 Å². The zero-order chi connectivity index (χ0) is 9.47. The lowest BCUT2D eigenvalue weighted by atomic mass is 9.91. The first kappa shape index (κ1) is 8.31. The SMILES string of the molecule is NC(C(=O)O)C1(c2cc[nH]c2)CC1. The maximum Gasteiger partial charge on any atom is 0.321 e. The van der Waals surface area contributed by atoms with Gasteiger partial charge < -0.3 is 15.8 Å². The van der Waals surface area contributed by atoms with Gasteiger partial charge in [-0.1, -0.05) is 0 Å². The van der Waals surface area contributed by atoms with Crippen LogP contribution < -0.4 is 5.73 Å². The summed E-state index contributed by atoms with van der Waals surface area (Å²) < 4.78 is 0. The second-order valence-electron chi connectivity index (χ2n) is 3.57. The zero-order valence-electron chi connectivity index (χ0n) is 7.16. The Morgan fingerprint density at radius 3 is 2.77 bits per heavy atom. The predicted molar refractivity (Wildman–Crippen MR) is 47.3 cm³/mol. The van der Waals surface area contributed by atoms with Gasteiger partial charge in [0.05, 0.1) is 0 Å². The monoisotopic (exact) mass is 180 g/mol. The lowest BCUT2D eigenvalue weighted by molar-refractivity contribution is -0.139. The summed E-state index contributed by atoms with van der Waals surface area (Å²) >= 11 is 0. The van der Waals surface area contributed by atoms with Gasteiger partial charge >= 0.3 is 5.97 Å². The molecule has 1 aromatic heterocycles. The molecule has 4 heteroatoms. The summed E-state index contributed by atoms with van der Waals surface area (Å²) in [5, 5.41) is 8.82. The van der Waals surface area contributed by atoms with Crippen molar-refractivity contribution in [3.05, 3.63) is 24.0 Å². The summed E-state index contributed by atoms with van der Waals surface area (Å²) in [5.74, 6) is -0.918. The number of aromatic amines is 1. The Morgan fingerprint density at radius 1 is 1.69 bits per heavy atom. The number of carboxylic acid groups (broad SMARTS) is 1. The molecule has 4 N–H and O–H groups in total. The fourth-order valence-corrected chi connectivity index (χ4v) is 1.78. The van der Waals surface area contributed by atoms with Crippen LogP contribution in [0.5, 0.6) is 0 Å². The number of H-pyrrole nitrogens is 1. The third kappa shape index (κ3) is 1.14. The van der Waals surface area contributed by atoms with Crippen molar-refractivity contribution in [3.8, 4) is 0 Å². The summed E-state index contributed by atoms with van der Waals surface area (Å²) in [4.78, 5) is 13.7. The molecule has 0 saturated heterocycles. The van der Waals surface area contributed by atoms with E-state index in [9.17, 15) is 4.79 Å². The number of hydrogen-bond donors (Lipinski definition) is 3. The van der Waals surface area contributed by atoms with E-state index in [-0.39, 0.29) is 5.41 Å². The third-order valence-corrected chi connectivity index (χ3v) is 2.82. The lowest BCUT2D eigenvalue weighted by Crippen LogP contribution is -2.41. The Hall–Kier alpha value is -1.29. The van der Waals surface area contributed by atoms with E-state index in [4.69, 9.17) is 10.8 Å². The molecule has 0 aromatic carbocycles. The molecular weight excluding hydrogens is 168 g/mol. The minimum Gasteiger partial charge on any atom is -0.480 e. The van der Waals surface area contributed by atoms with Gasteiger partial charge in [0.15, 0.2) is 0 Å². The largest absolute Gasteiger partial charge is 0.480 e. The number of nitrogens with one attached hydrogen (secondary N) is 1. The Bertz CT molecular complexity index is 314. The van der Waals surface area contributed by atoms with Crippen LogP contribution >= 0.6 is 0 Å². The molecule has 1 aromatic rings. The summed E-state index contributed by atoms with van der Waals surface area (Å²) in [7, 11) is 0. The van der Waals surface area contributed by atoms with Crippen LogP contribution in [0.15, 0.2) is 18.5 Å². The number of aliphatic carboxylic acids is 1. The molecule has 1 saturated carbocycles. The van der Waals surface area contributed by atoms with Crippen molar-refractivity contribution in [1.82, 2.24) is 4.98 Å². The van der Waals surface area contributed by atoms with Crippen molar-refractivity contribution in [3.63, 3.8) is 0 Å². The Labute approximate surface area is 75.8 Å². The predicted octanol–water partition coefficient (Wildman–Crippen LogP) is 0.458. The van der Waals surface area contributed by atoms with Gasteiger partial charge in [-0.15, -0.1) is 0 Å². The Balaban J connectivity index is 2.27. The molecule has 0 bridgehead atoms. The van der Waals surface area contributed by atoms with Gasteiger partial charge in [0.2, 0.25) is 0 Å². The first-order chi connectivity index (χ1) is 6.17. The molecule has 1 heterocycles. The Kier molecular flexibility index (Phi) is 1.66. The van der Waals surface area contributed by atoms with Gasteiger partial charge in [-0.05, 0) is 24.5 Å². The van der Waals surface area contributed by atoms with Crippen molar-refractivity contribution < 1.29 is 9.90 Å². The molecule has 1 fully saturated rings. The molecule has 4 nitrogen and oxygen atoms in total. The number of nitrogens with two attached hydrogens (primary N) is 1. The molecule has 1 aliphatic rings. The molecule has 0 radical (unpaired) electrons. The standard InChI is InChI=1S/C9H12N2O2/c10-7(8(12)13)9(2-3-9)6-1-4-11-5-6/h1,4-5,7,11H,2-3,10H2,(H,12,13). The smallest absolute Gasteiger partial charge is 0.321 e. The van der Waals surface area contributed by atoms with Crippen LogP contribution in [0, 0.1) is 0 Å². The van der Waals surface area contributed by atoms with Crippen LogP contribution in [-0.4, -0.2) is 22.1 Å². The van der Waals surface area contributed by atoms with E-state index in [0.29, 0.717) is 0 Å². The highest BCUT2D eigenvalue weighted by Crippen LogP contribution is 2.50. The zero-order valence-corrected chi connectivity index (χ0v) is 7.16. The highest BCUT2D eigenvalue weighted by atomic mass is 16.4. The molecular formula is C9H12N2O2. The fraction of sp³-hybridized carbons (Fsp3) is 0.444. The molecule has 1 aliphatic carbocycles. The highest BCUT2D eigenvalue weighted by molar-refractivity contribution is 5.76. The summed E-state index contributed by atoms with van der Waals surface area (Å²) in [6, 6.07) is 1.12. The maximum atomic E-state index is 10.7. The highest BCUT2D eigenvalue weighted by Gasteiger charge is 2.52.